The Morgan fingerprint density at radius 1 is 1.14 bits per heavy atom. The standard InChI is InChI=1S/C18H20FNO2/c1-12(2)17(18(21)22)20-11-15-9-8-14(10-16(15)19)13-6-4-3-5-7-13/h3-10,12,17,20H,11H2,1-2H3,(H,21,22)/t17-/m1/s1. The van der Waals surface area contributed by atoms with Gasteiger partial charge in [-0.1, -0.05) is 56.3 Å². The van der Waals surface area contributed by atoms with Crippen molar-refractivity contribution < 1.29 is 14.3 Å². The van der Waals surface area contributed by atoms with E-state index in [4.69, 9.17) is 5.11 Å². The number of hydrogen-bond acceptors (Lipinski definition) is 2. The smallest absolute Gasteiger partial charge is 0.320 e. The molecular formula is C18H20FNO2. The van der Waals surface area contributed by atoms with E-state index in [2.05, 4.69) is 5.32 Å². The number of carboxylic acid groups (broad SMARTS) is 1. The van der Waals surface area contributed by atoms with E-state index in [9.17, 15) is 9.18 Å². The lowest BCUT2D eigenvalue weighted by atomic mass is 10.0. The fourth-order valence-electron chi connectivity index (χ4n) is 2.33. The van der Waals surface area contributed by atoms with Crippen molar-refractivity contribution in [3.8, 4) is 11.1 Å². The molecule has 0 saturated heterocycles. The van der Waals surface area contributed by atoms with E-state index in [-0.39, 0.29) is 18.3 Å². The minimum Gasteiger partial charge on any atom is -0.480 e. The van der Waals surface area contributed by atoms with Gasteiger partial charge in [0.2, 0.25) is 0 Å². The molecule has 0 fully saturated rings. The molecule has 1 atom stereocenters. The fraction of sp³-hybridized carbons (Fsp3) is 0.278. The van der Waals surface area contributed by atoms with Crippen molar-refractivity contribution in [2.75, 3.05) is 0 Å². The summed E-state index contributed by atoms with van der Waals surface area (Å²) >= 11 is 0. The maximum absolute atomic E-state index is 14.2. The maximum Gasteiger partial charge on any atom is 0.320 e. The van der Waals surface area contributed by atoms with Gasteiger partial charge < -0.3 is 5.11 Å². The molecule has 0 radical (unpaired) electrons. The van der Waals surface area contributed by atoms with E-state index in [0.29, 0.717) is 5.56 Å². The van der Waals surface area contributed by atoms with E-state index in [1.807, 2.05) is 50.2 Å². The molecule has 0 bridgehead atoms. The molecule has 2 aromatic carbocycles. The summed E-state index contributed by atoms with van der Waals surface area (Å²) in [6, 6.07) is 13.9. The molecule has 0 saturated carbocycles. The Balaban J connectivity index is 2.12. The Labute approximate surface area is 129 Å². The molecule has 0 amide bonds. The predicted octanol–water partition coefficient (Wildman–Crippen LogP) is 3.69. The van der Waals surface area contributed by atoms with Crippen LogP contribution in [-0.2, 0) is 11.3 Å². The Kier molecular flexibility index (Phi) is 5.28. The highest BCUT2D eigenvalue weighted by Crippen LogP contribution is 2.21. The molecule has 3 nitrogen and oxygen atoms in total. The third-order valence-corrected chi connectivity index (χ3v) is 3.61. The van der Waals surface area contributed by atoms with Gasteiger partial charge in [-0.3, -0.25) is 10.1 Å². The first kappa shape index (κ1) is 16.2. The topological polar surface area (TPSA) is 49.3 Å². The monoisotopic (exact) mass is 301 g/mol. The van der Waals surface area contributed by atoms with Gasteiger partial charge >= 0.3 is 5.97 Å². The number of nitrogens with one attached hydrogen (secondary N) is 1. The van der Waals surface area contributed by atoms with Crippen LogP contribution >= 0.6 is 0 Å². The summed E-state index contributed by atoms with van der Waals surface area (Å²) in [5.74, 6) is -1.32. The summed E-state index contributed by atoms with van der Waals surface area (Å²) in [4.78, 5) is 11.1. The Morgan fingerprint density at radius 3 is 2.36 bits per heavy atom. The first-order chi connectivity index (χ1) is 10.5. The zero-order valence-corrected chi connectivity index (χ0v) is 12.7. The van der Waals surface area contributed by atoms with E-state index in [1.54, 1.807) is 6.07 Å². The summed E-state index contributed by atoms with van der Waals surface area (Å²) in [6.07, 6.45) is 0. The van der Waals surface area contributed by atoms with Gasteiger partial charge in [0.05, 0.1) is 0 Å². The van der Waals surface area contributed by atoms with Crippen molar-refractivity contribution in [1.29, 1.82) is 0 Å². The summed E-state index contributed by atoms with van der Waals surface area (Å²) in [5.41, 5.74) is 2.22. The molecule has 2 rings (SSSR count). The van der Waals surface area contributed by atoms with E-state index < -0.39 is 12.0 Å². The summed E-state index contributed by atoms with van der Waals surface area (Å²) < 4.78 is 14.2. The van der Waals surface area contributed by atoms with Crippen LogP contribution in [0.2, 0.25) is 0 Å². The highest BCUT2D eigenvalue weighted by atomic mass is 19.1. The first-order valence-electron chi connectivity index (χ1n) is 7.29. The summed E-state index contributed by atoms with van der Waals surface area (Å²) in [5, 5.41) is 12.0. The van der Waals surface area contributed by atoms with Gasteiger partial charge in [-0.05, 0) is 23.1 Å². The first-order valence-corrected chi connectivity index (χ1v) is 7.29. The normalized spacial score (nSPS) is 12.4. The van der Waals surface area contributed by atoms with Gasteiger partial charge in [0.25, 0.3) is 0 Å². The fourth-order valence-corrected chi connectivity index (χ4v) is 2.33. The SMILES string of the molecule is CC(C)[C@@H](NCc1ccc(-c2ccccc2)cc1F)C(=O)O. The molecule has 0 aliphatic carbocycles. The second-order valence-corrected chi connectivity index (χ2v) is 5.61. The highest BCUT2D eigenvalue weighted by molar-refractivity contribution is 5.73. The van der Waals surface area contributed by atoms with Gasteiger partial charge in [-0.15, -0.1) is 0 Å². The van der Waals surface area contributed by atoms with Crippen LogP contribution < -0.4 is 5.32 Å². The van der Waals surface area contributed by atoms with Crippen LogP contribution in [0, 0.1) is 11.7 Å². The van der Waals surface area contributed by atoms with Crippen molar-refractivity contribution in [2.24, 2.45) is 5.92 Å². The second-order valence-electron chi connectivity index (χ2n) is 5.61. The molecular weight excluding hydrogens is 281 g/mol. The van der Waals surface area contributed by atoms with Crippen LogP contribution in [-0.4, -0.2) is 17.1 Å². The van der Waals surface area contributed by atoms with Gasteiger partial charge in [0.1, 0.15) is 11.9 Å². The Bertz CT molecular complexity index is 641. The van der Waals surface area contributed by atoms with Crippen LogP contribution in [0.1, 0.15) is 19.4 Å². The zero-order chi connectivity index (χ0) is 16.1. The summed E-state index contributed by atoms with van der Waals surface area (Å²) in [6.45, 7) is 3.83. The molecule has 0 spiro atoms. The minimum absolute atomic E-state index is 0.0656. The Hall–Kier alpha value is -2.20. The lowest BCUT2D eigenvalue weighted by Gasteiger charge is -2.18. The molecule has 0 unspecified atom stereocenters. The van der Waals surface area contributed by atoms with Crippen LogP contribution in [0.25, 0.3) is 11.1 Å². The molecule has 0 aliphatic heterocycles. The minimum atomic E-state index is -0.920. The van der Waals surface area contributed by atoms with Crippen LogP contribution in [0.5, 0.6) is 0 Å². The molecule has 2 aromatic rings. The van der Waals surface area contributed by atoms with E-state index in [0.717, 1.165) is 11.1 Å². The third-order valence-electron chi connectivity index (χ3n) is 3.61. The maximum atomic E-state index is 14.2. The zero-order valence-electron chi connectivity index (χ0n) is 12.7. The molecule has 4 heteroatoms. The Morgan fingerprint density at radius 2 is 1.82 bits per heavy atom. The number of halogens is 1. The molecule has 2 N–H and O–H groups in total. The van der Waals surface area contributed by atoms with Gasteiger partial charge in [0.15, 0.2) is 0 Å². The molecule has 0 aliphatic rings. The third kappa shape index (κ3) is 3.92. The lowest BCUT2D eigenvalue weighted by Crippen LogP contribution is -2.40. The average molecular weight is 301 g/mol. The molecule has 116 valence electrons. The van der Waals surface area contributed by atoms with E-state index >= 15 is 0 Å². The number of hydrogen-bond donors (Lipinski definition) is 2. The van der Waals surface area contributed by atoms with Crippen molar-refractivity contribution in [1.82, 2.24) is 5.32 Å². The molecule has 22 heavy (non-hydrogen) atoms. The number of benzene rings is 2. The lowest BCUT2D eigenvalue weighted by molar-refractivity contribution is -0.140. The van der Waals surface area contributed by atoms with Gasteiger partial charge in [-0.25, -0.2) is 4.39 Å². The molecule has 0 heterocycles. The van der Waals surface area contributed by atoms with Gasteiger partial charge in [0, 0.05) is 12.1 Å². The summed E-state index contributed by atoms with van der Waals surface area (Å²) in [7, 11) is 0. The van der Waals surface area contributed by atoms with Crippen LogP contribution in [0.4, 0.5) is 4.39 Å². The second kappa shape index (κ2) is 7.18. The average Bonchev–Trinajstić information content (AvgIpc) is 2.49. The van der Waals surface area contributed by atoms with E-state index in [1.165, 1.54) is 6.07 Å². The quantitative estimate of drug-likeness (QED) is 0.855. The predicted molar refractivity (Wildman–Crippen MR) is 84.9 cm³/mol. The number of rotatable bonds is 6. The van der Waals surface area contributed by atoms with Crippen molar-refractivity contribution in [2.45, 2.75) is 26.4 Å². The number of carboxylic acids is 1. The largest absolute Gasteiger partial charge is 0.480 e. The number of aliphatic carboxylic acids is 1. The number of carbonyl (C=O) groups is 1. The van der Waals surface area contributed by atoms with Crippen LogP contribution in [0.3, 0.4) is 0 Å². The van der Waals surface area contributed by atoms with Gasteiger partial charge in [-0.2, -0.15) is 0 Å². The highest BCUT2D eigenvalue weighted by Gasteiger charge is 2.20. The molecule has 0 aromatic heterocycles. The van der Waals surface area contributed by atoms with Crippen molar-refractivity contribution in [3.05, 3.63) is 59.9 Å². The van der Waals surface area contributed by atoms with Crippen molar-refractivity contribution in [3.63, 3.8) is 0 Å². The van der Waals surface area contributed by atoms with Crippen LogP contribution in [0.15, 0.2) is 48.5 Å². The van der Waals surface area contributed by atoms with Crippen molar-refractivity contribution >= 4 is 5.97 Å².